The summed E-state index contributed by atoms with van der Waals surface area (Å²) in [6, 6.07) is 8.17. The Kier molecular flexibility index (Phi) is 3.08. The number of ether oxygens (including phenoxy) is 1. The molecule has 1 aromatic carbocycles. The molecule has 1 atom stereocenters. The number of rotatable bonds is 1. The summed E-state index contributed by atoms with van der Waals surface area (Å²) in [5.41, 5.74) is 1.10. The van der Waals surface area contributed by atoms with Gasteiger partial charge in [0.25, 0.3) is 0 Å². The maximum atomic E-state index is 6.08. The molecule has 1 aliphatic rings. The largest absolute Gasteiger partial charge is 0.468 e. The first-order valence-electron chi connectivity index (χ1n) is 6.87. The van der Waals surface area contributed by atoms with Crippen molar-refractivity contribution in [2.24, 2.45) is 0 Å². The van der Waals surface area contributed by atoms with E-state index in [1.807, 2.05) is 25.3 Å². The molecule has 3 aromatic rings. The van der Waals surface area contributed by atoms with Gasteiger partial charge >= 0.3 is 0 Å². The van der Waals surface area contributed by atoms with Crippen LogP contribution in [0.4, 0.5) is 0 Å². The van der Waals surface area contributed by atoms with E-state index in [4.69, 9.17) is 16.3 Å². The molecule has 1 aliphatic heterocycles. The minimum absolute atomic E-state index is 0.0722. The number of halogens is 1. The van der Waals surface area contributed by atoms with Crippen molar-refractivity contribution in [3.05, 3.63) is 51.7 Å². The fourth-order valence-electron chi connectivity index (χ4n) is 2.62. The van der Waals surface area contributed by atoms with Gasteiger partial charge in [0.1, 0.15) is 11.9 Å². The highest BCUT2D eigenvalue weighted by molar-refractivity contribution is 7.19. The molecule has 0 radical (unpaired) electrons. The molecule has 0 amide bonds. The Morgan fingerprint density at radius 1 is 1.33 bits per heavy atom. The number of hydrogen-bond donors (Lipinski definition) is 0. The molecule has 2 aromatic heterocycles. The van der Waals surface area contributed by atoms with Crippen molar-refractivity contribution in [3.63, 3.8) is 0 Å². The maximum absolute atomic E-state index is 6.08. The molecule has 106 valence electrons. The van der Waals surface area contributed by atoms with Gasteiger partial charge in [0.15, 0.2) is 0 Å². The topological polar surface area (TPSA) is 35.0 Å². The Labute approximate surface area is 131 Å². The molecule has 0 saturated heterocycles. The van der Waals surface area contributed by atoms with Gasteiger partial charge in [0.05, 0.1) is 0 Å². The molecule has 3 nitrogen and oxygen atoms in total. The van der Waals surface area contributed by atoms with Gasteiger partial charge < -0.3 is 4.74 Å². The van der Waals surface area contributed by atoms with E-state index in [1.165, 1.54) is 15.0 Å². The maximum Gasteiger partial charge on any atom is 0.220 e. The average molecular weight is 317 g/mol. The van der Waals surface area contributed by atoms with Crippen molar-refractivity contribution in [1.82, 2.24) is 9.97 Å². The van der Waals surface area contributed by atoms with E-state index in [0.29, 0.717) is 0 Å². The van der Waals surface area contributed by atoms with Crippen LogP contribution in [0.15, 0.2) is 30.5 Å². The number of hydrogen-bond acceptors (Lipinski definition) is 4. The first-order valence-corrected chi connectivity index (χ1v) is 8.07. The van der Waals surface area contributed by atoms with Crippen LogP contribution >= 0.6 is 22.9 Å². The molecular formula is C16H13ClN2OS. The van der Waals surface area contributed by atoms with Crippen LogP contribution in [0.5, 0.6) is 5.88 Å². The second kappa shape index (κ2) is 4.97. The second-order valence-corrected chi connectivity index (χ2v) is 6.78. The summed E-state index contributed by atoms with van der Waals surface area (Å²) in [4.78, 5) is 9.87. The zero-order valence-corrected chi connectivity index (χ0v) is 13.0. The number of nitrogens with zero attached hydrogens (tertiary/aromatic N) is 2. The highest BCUT2D eigenvalue weighted by Gasteiger charge is 2.24. The second-order valence-electron chi connectivity index (χ2n) is 5.22. The molecule has 1 unspecified atom stereocenters. The van der Waals surface area contributed by atoms with Crippen LogP contribution in [-0.4, -0.2) is 9.97 Å². The highest BCUT2D eigenvalue weighted by atomic mass is 35.5. The van der Waals surface area contributed by atoms with Gasteiger partial charge in [-0.25, -0.2) is 4.98 Å². The number of aromatic nitrogens is 2. The first-order chi connectivity index (χ1) is 10.2. The Bertz CT molecular complexity index is 830. The van der Waals surface area contributed by atoms with Crippen LogP contribution in [0.2, 0.25) is 5.02 Å². The number of fused-ring (bicyclic) bond motifs is 2. The normalized spacial score (nSPS) is 17.5. The molecule has 4 rings (SSSR count). The third kappa shape index (κ3) is 2.39. The quantitative estimate of drug-likeness (QED) is 0.651. The van der Waals surface area contributed by atoms with Gasteiger partial charge in [-0.2, -0.15) is 4.98 Å². The Balaban J connectivity index is 1.70. The summed E-state index contributed by atoms with van der Waals surface area (Å²) >= 11 is 7.82. The predicted molar refractivity (Wildman–Crippen MR) is 85.3 cm³/mol. The lowest BCUT2D eigenvalue weighted by Crippen LogP contribution is -2.16. The monoisotopic (exact) mass is 316 g/mol. The van der Waals surface area contributed by atoms with Crippen LogP contribution in [0.25, 0.3) is 10.1 Å². The van der Waals surface area contributed by atoms with Crippen molar-refractivity contribution in [1.29, 1.82) is 0 Å². The van der Waals surface area contributed by atoms with E-state index in [2.05, 4.69) is 22.1 Å². The highest BCUT2D eigenvalue weighted by Crippen LogP contribution is 2.38. The summed E-state index contributed by atoms with van der Waals surface area (Å²) in [5.74, 6) is 1.48. The van der Waals surface area contributed by atoms with E-state index >= 15 is 0 Å². The smallest absolute Gasteiger partial charge is 0.220 e. The number of thiophene rings is 1. The Morgan fingerprint density at radius 3 is 3.14 bits per heavy atom. The van der Waals surface area contributed by atoms with Crippen molar-refractivity contribution in [2.75, 3.05) is 0 Å². The van der Waals surface area contributed by atoms with Gasteiger partial charge in [0, 0.05) is 26.4 Å². The Hall–Kier alpha value is -1.65. The van der Waals surface area contributed by atoms with Crippen LogP contribution in [-0.2, 0) is 6.42 Å². The van der Waals surface area contributed by atoms with E-state index in [0.717, 1.165) is 35.1 Å². The van der Waals surface area contributed by atoms with Crippen LogP contribution < -0.4 is 4.74 Å². The zero-order chi connectivity index (χ0) is 14.4. The summed E-state index contributed by atoms with van der Waals surface area (Å²) in [5, 5.41) is 1.95. The standard InChI is InChI=1S/C16H13ClN2OS/c1-9-18-8-10-2-4-13(20-16(10)19-9)15-7-11-6-12(17)3-5-14(11)21-15/h3,5-8,13H,2,4H2,1H3. The van der Waals surface area contributed by atoms with Crippen LogP contribution in [0, 0.1) is 6.92 Å². The molecule has 0 aliphatic carbocycles. The van der Waals surface area contributed by atoms with Crippen molar-refractivity contribution < 1.29 is 4.74 Å². The Morgan fingerprint density at radius 2 is 2.24 bits per heavy atom. The van der Waals surface area contributed by atoms with Crippen molar-refractivity contribution in [3.8, 4) is 5.88 Å². The summed E-state index contributed by atoms with van der Waals surface area (Å²) in [6.45, 7) is 1.88. The molecular weight excluding hydrogens is 304 g/mol. The van der Waals surface area contributed by atoms with E-state index in [1.54, 1.807) is 11.3 Å². The van der Waals surface area contributed by atoms with E-state index in [9.17, 15) is 0 Å². The predicted octanol–water partition coefficient (Wildman–Crippen LogP) is 4.72. The zero-order valence-electron chi connectivity index (χ0n) is 11.5. The minimum atomic E-state index is 0.0722. The summed E-state index contributed by atoms with van der Waals surface area (Å²) in [6.07, 6.45) is 3.86. The van der Waals surface area contributed by atoms with Crippen LogP contribution in [0.3, 0.4) is 0 Å². The third-order valence-electron chi connectivity index (χ3n) is 3.69. The molecule has 21 heavy (non-hydrogen) atoms. The summed E-state index contributed by atoms with van der Waals surface area (Å²) < 4.78 is 7.32. The van der Waals surface area contributed by atoms with Gasteiger partial charge in [-0.05, 0) is 49.4 Å². The fraction of sp³-hybridized carbons (Fsp3) is 0.250. The molecule has 3 heterocycles. The van der Waals surface area contributed by atoms with Gasteiger partial charge in [-0.3, -0.25) is 0 Å². The lowest BCUT2D eigenvalue weighted by molar-refractivity contribution is 0.170. The van der Waals surface area contributed by atoms with Crippen LogP contribution in [0.1, 0.15) is 28.8 Å². The van der Waals surface area contributed by atoms with E-state index < -0.39 is 0 Å². The van der Waals surface area contributed by atoms with Gasteiger partial charge in [0.2, 0.25) is 5.88 Å². The first kappa shape index (κ1) is 13.0. The summed E-state index contributed by atoms with van der Waals surface area (Å²) in [7, 11) is 0. The third-order valence-corrected chi connectivity index (χ3v) is 5.13. The molecule has 0 saturated carbocycles. The van der Waals surface area contributed by atoms with Crippen molar-refractivity contribution in [2.45, 2.75) is 25.9 Å². The minimum Gasteiger partial charge on any atom is -0.468 e. The molecule has 0 fully saturated rings. The molecule has 5 heteroatoms. The SMILES string of the molecule is Cc1ncc2c(n1)OC(c1cc3cc(Cl)ccc3s1)CC2. The fourth-order valence-corrected chi connectivity index (χ4v) is 3.91. The molecule has 0 bridgehead atoms. The number of aryl methyl sites for hydroxylation is 2. The van der Waals surface area contributed by atoms with Gasteiger partial charge in [-0.15, -0.1) is 11.3 Å². The molecule has 0 spiro atoms. The van der Waals surface area contributed by atoms with Crippen molar-refractivity contribution >= 4 is 33.0 Å². The van der Waals surface area contributed by atoms with E-state index in [-0.39, 0.29) is 6.10 Å². The van der Waals surface area contributed by atoms with Gasteiger partial charge in [-0.1, -0.05) is 11.6 Å². The lowest BCUT2D eigenvalue weighted by Gasteiger charge is -2.24. The lowest BCUT2D eigenvalue weighted by atomic mass is 10.0. The molecule has 0 N–H and O–H groups in total. The average Bonchev–Trinajstić information content (AvgIpc) is 2.89. The number of benzene rings is 1.